The lowest BCUT2D eigenvalue weighted by molar-refractivity contribution is -0.137. The van der Waals surface area contributed by atoms with Gasteiger partial charge in [0.2, 0.25) is 5.91 Å². The summed E-state index contributed by atoms with van der Waals surface area (Å²) in [6.07, 6.45) is 0.936. The van der Waals surface area contributed by atoms with E-state index in [9.17, 15) is 4.79 Å². The molecule has 0 spiro atoms. The number of ether oxygens (including phenoxy) is 1. The molecule has 0 aliphatic carbocycles. The van der Waals surface area contributed by atoms with E-state index in [0.29, 0.717) is 13.2 Å². The van der Waals surface area contributed by atoms with Gasteiger partial charge in [0.25, 0.3) is 0 Å². The highest BCUT2D eigenvalue weighted by Gasteiger charge is 2.22. The summed E-state index contributed by atoms with van der Waals surface area (Å²) < 4.78 is 5.81. The Kier molecular flexibility index (Phi) is 7.00. The number of thiazole rings is 1. The zero-order chi connectivity index (χ0) is 18.4. The topological polar surface area (TPSA) is 42.4 Å². The van der Waals surface area contributed by atoms with E-state index in [1.165, 1.54) is 5.56 Å². The van der Waals surface area contributed by atoms with E-state index >= 15 is 0 Å². The first-order valence-corrected chi connectivity index (χ1v) is 9.71. The molecule has 1 aromatic heterocycles. The van der Waals surface area contributed by atoms with Gasteiger partial charge in [-0.3, -0.25) is 4.79 Å². The zero-order valence-electron chi connectivity index (χ0n) is 15.8. The van der Waals surface area contributed by atoms with Gasteiger partial charge in [-0.25, -0.2) is 4.98 Å². The normalized spacial score (nSPS) is 12.2. The van der Waals surface area contributed by atoms with Gasteiger partial charge in [0.1, 0.15) is 17.4 Å². The Morgan fingerprint density at radius 2 is 2.08 bits per heavy atom. The molecule has 0 aliphatic rings. The number of carbonyl (C=O) groups is 1. The lowest BCUT2D eigenvalue weighted by Crippen LogP contribution is -2.40. The monoisotopic (exact) mass is 360 g/mol. The molecule has 0 N–H and O–H groups in total. The number of nitrogens with zero attached hydrogens (tertiary/aromatic N) is 2. The smallest absolute Gasteiger partial charge is 0.225 e. The Bertz CT molecular complexity index is 697. The zero-order valence-corrected chi connectivity index (χ0v) is 16.6. The first-order valence-electron chi connectivity index (χ1n) is 8.84. The third-order valence-electron chi connectivity index (χ3n) is 4.18. The third-order valence-corrected chi connectivity index (χ3v) is 5.05. The standard InChI is InChI=1S/C20H28N2O2S/c1-6-16(5)22(20(23)14(2)3)11-17-13-25-19(21-17)12-24-18-9-7-8-15(4)10-18/h7-10,13-14,16H,6,11-12H2,1-5H3/t16-/m0/s1. The minimum Gasteiger partial charge on any atom is -0.486 e. The molecule has 1 heterocycles. The van der Waals surface area contributed by atoms with Crippen molar-refractivity contribution >= 4 is 17.2 Å². The highest BCUT2D eigenvalue weighted by Crippen LogP contribution is 2.19. The van der Waals surface area contributed by atoms with E-state index < -0.39 is 0 Å². The summed E-state index contributed by atoms with van der Waals surface area (Å²) in [4.78, 5) is 19.1. The minimum atomic E-state index is -0.00300. The molecule has 0 unspecified atom stereocenters. The van der Waals surface area contributed by atoms with Gasteiger partial charge >= 0.3 is 0 Å². The van der Waals surface area contributed by atoms with E-state index in [2.05, 4.69) is 18.8 Å². The number of hydrogen-bond donors (Lipinski definition) is 0. The summed E-state index contributed by atoms with van der Waals surface area (Å²) in [5, 5.41) is 2.95. The highest BCUT2D eigenvalue weighted by molar-refractivity contribution is 7.09. The van der Waals surface area contributed by atoms with E-state index in [0.717, 1.165) is 22.9 Å². The maximum absolute atomic E-state index is 12.5. The first-order chi connectivity index (χ1) is 11.9. The van der Waals surface area contributed by atoms with Gasteiger partial charge in [-0.05, 0) is 38.0 Å². The second-order valence-electron chi connectivity index (χ2n) is 6.72. The molecule has 2 rings (SSSR count). The van der Waals surface area contributed by atoms with Gasteiger partial charge in [0, 0.05) is 17.3 Å². The minimum absolute atomic E-state index is 0.00300. The van der Waals surface area contributed by atoms with Crippen molar-refractivity contribution in [2.45, 2.75) is 60.2 Å². The maximum atomic E-state index is 12.5. The van der Waals surface area contributed by atoms with Crippen molar-refractivity contribution in [1.29, 1.82) is 0 Å². The Labute approximate surface area is 154 Å². The number of hydrogen-bond acceptors (Lipinski definition) is 4. The Balaban J connectivity index is 2.00. The van der Waals surface area contributed by atoms with Crippen LogP contribution in [0.15, 0.2) is 29.6 Å². The van der Waals surface area contributed by atoms with Gasteiger partial charge in [-0.2, -0.15) is 0 Å². The van der Waals surface area contributed by atoms with Crippen LogP contribution in [0.1, 0.15) is 50.4 Å². The number of carbonyl (C=O) groups excluding carboxylic acids is 1. The SMILES string of the molecule is CC[C@H](C)N(Cc1csc(COc2cccc(C)c2)n1)C(=O)C(C)C. The maximum Gasteiger partial charge on any atom is 0.225 e. The third kappa shape index (κ3) is 5.56. The fraction of sp³-hybridized carbons (Fsp3) is 0.500. The molecule has 5 heteroatoms. The molecular weight excluding hydrogens is 332 g/mol. The molecule has 1 amide bonds. The largest absolute Gasteiger partial charge is 0.486 e. The predicted octanol–water partition coefficient (Wildman–Crippen LogP) is 4.81. The highest BCUT2D eigenvalue weighted by atomic mass is 32.1. The summed E-state index contributed by atoms with van der Waals surface area (Å²) in [6, 6.07) is 8.21. The summed E-state index contributed by atoms with van der Waals surface area (Å²) in [6.45, 7) is 11.1. The fourth-order valence-corrected chi connectivity index (χ4v) is 3.21. The fourth-order valence-electron chi connectivity index (χ4n) is 2.52. The van der Waals surface area contributed by atoms with Crippen LogP contribution >= 0.6 is 11.3 Å². The van der Waals surface area contributed by atoms with Crippen molar-refractivity contribution in [2.24, 2.45) is 5.92 Å². The molecule has 1 atom stereocenters. The quantitative estimate of drug-likeness (QED) is 0.678. The van der Waals surface area contributed by atoms with Crippen LogP contribution in [-0.2, 0) is 17.9 Å². The van der Waals surface area contributed by atoms with Gasteiger partial charge in [-0.1, -0.05) is 32.9 Å². The van der Waals surface area contributed by atoms with Crippen molar-refractivity contribution in [1.82, 2.24) is 9.88 Å². The van der Waals surface area contributed by atoms with E-state index in [1.54, 1.807) is 11.3 Å². The van der Waals surface area contributed by atoms with Gasteiger partial charge in [-0.15, -0.1) is 11.3 Å². The first kappa shape index (κ1) is 19.4. The summed E-state index contributed by atoms with van der Waals surface area (Å²) in [5.41, 5.74) is 2.11. The average molecular weight is 361 g/mol. The van der Waals surface area contributed by atoms with Crippen LogP contribution in [0, 0.1) is 12.8 Å². The molecule has 0 bridgehead atoms. The number of aromatic nitrogens is 1. The average Bonchev–Trinajstić information content (AvgIpc) is 3.04. The number of amides is 1. The van der Waals surface area contributed by atoms with Crippen molar-refractivity contribution in [2.75, 3.05) is 0 Å². The molecule has 136 valence electrons. The Hall–Kier alpha value is -1.88. The Morgan fingerprint density at radius 3 is 2.72 bits per heavy atom. The van der Waals surface area contributed by atoms with Crippen molar-refractivity contribution in [3.63, 3.8) is 0 Å². The molecule has 0 saturated heterocycles. The van der Waals surface area contributed by atoms with Gasteiger partial charge in [0.15, 0.2) is 0 Å². The van der Waals surface area contributed by atoms with Crippen LogP contribution in [0.5, 0.6) is 5.75 Å². The second kappa shape index (κ2) is 8.99. The van der Waals surface area contributed by atoms with Crippen LogP contribution in [0.2, 0.25) is 0 Å². The summed E-state index contributed by atoms with van der Waals surface area (Å²) in [7, 11) is 0. The van der Waals surface area contributed by atoms with E-state index in [-0.39, 0.29) is 17.9 Å². The predicted molar refractivity (Wildman–Crippen MR) is 103 cm³/mol. The van der Waals surface area contributed by atoms with Crippen LogP contribution in [0.4, 0.5) is 0 Å². The van der Waals surface area contributed by atoms with Crippen LogP contribution in [0.25, 0.3) is 0 Å². The number of aryl methyl sites for hydroxylation is 1. The Morgan fingerprint density at radius 1 is 1.32 bits per heavy atom. The van der Waals surface area contributed by atoms with E-state index in [1.807, 2.05) is 55.3 Å². The van der Waals surface area contributed by atoms with Gasteiger partial charge < -0.3 is 9.64 Å². The van der Waals surface area contributed by atoms with Crippen molar-refractivity contribution in [3.05, 3.63) is 45.9 Å². The molecule has 0 saturated carbocycles. The lowest BCUT2D eigenvalue weighted by Gasteiger charge is -2.29. The lowest BCUT2D eigenvalue weighted by atomic mass is 10.1. The van der Waals surface area contributed by atoms with E-state index in [4.69, 9.17) is 4.74 Å². The molecule has 0 radical (unpaired) electrons. The molecule has 4 nitrogen and oxygen atoms in total. The van der Waals surface area contributed by atoms with Crippen molar-refractivity contribution < 1.29 is 9.53 Å². The molecule has 0 fully saturated rings. The van der Waals surface area contributed by atoms with Crippen LogP contribution < -0.4 is 4.74 Å². The molecule has 1 aromatic carbocycles. The van der Waals surface area contributed by atoms with Crippen molar-refractivity contribution in [3.8, 4) is 5.75 Å². The van der Waals surface area contributed by atoms with Gasteiger partial charge in [0.05, 0.1) is 12.2 Å². The van der Waals surface area contributed by atoms with Crippen LogP contribution in [0.3, 0.4) is 0 Å². The molecule has 2 aromatic rings. The van der Waals surface area contributed by atoms with Crippen LogP contribution in [-0.4, -0.2) is 21.8 Å². The molecule has 25 heavy (non-hydrogen) atoms. The summed E-state index contributed by atoms with van der Waals surface area (Å²) >= 11 is 1.58. The molecule has 0 aliphatic heterocycles. The molecular formula is C20H28N2O2S. The second-order valence-corrected chi connectivity index (χ2v) is 7.66. The number of benzene rings is 1. The summed E-state index contributed by atoms with van der Waals surface area (Å²) in [5.74, 6) is 1.03. The number of rotatable bonds is 8.